The van der Waals surface area contributed by atoms with Gasteiger partial charge in [0.25, 0.3) is 0 Å². The van der Waals surface area contributed by atoms with Crippen molar-refractivity contribution in [2.45, 2.75) is 26.7 Å². The van der Waals surface area contributed by atoms with E-state index in [0.717, 1.165) is 39.3 Å². The molecule has 0 radical (unpaired) electrons. The lowest BCUT2D eigenvalue weighted by Crippen LogP contribution is -2.24. The van der Waals surface area contributed by atoms with Crippen molar-refractivity contribution in [2.24, 2.45) is 0 Å². The standard InChI is InChI=1S/C15H34N4/c1-7-18(13-9-11-16(3)4)15-19(8-2)14-10-12-17(5)6/h7-14H2,1-6H3/q+2. The highest BCUT2D eigenvalue weighted by Gasteiger charge is 2.08. The Kier molecular flexibility index (Phi) is 10.7. The van der Waals surface area contributed by atoms with E-state index in [1.54, 1.807) is 0 Å². The molecule has 0 aliphatic carbocycles. The van der Waals surface area contributed by atoms with E-state index in [4.69, 9.17) is 0 Å². The summed E-state index contributed by atoms with van der Waals surface area (Å²) in [6.07, 6.45) is 2.40. The van der Waals surface area contributed by atoms with Crippen molar-refractivity contribution in [3.63, 3.8) is 0 Å². The minimum absolute atomic E-state index is 1.04. The molecule has 0 heterocycles. The first-order valence-electron chi connectivity index (χ1n) is 7.55. The smallest absolute Gasteiger partial charge is 0.309 e. The molecule has 0 atom stereocenters. The molecule has 19 heavy (non-hydrogen) atoms. The molecule has 0 aliphatic heterocycles. The van der Waals surface area contributed by atoms with Crippen LogP contribution in [-0.2, 0) is 0 Å². The third kappa shape index (κ3) is 10.9. The van der Waals surface area contributed by atoms with Crippen LogP contribution in [0.2, 0.25) is 0 Å². The van der Waals surface area contributed by atoms with E-state index in [2.05, 4.69) is 67.0 Å². The van der Waals surface area contributed by atoms with Gasteiger partial charge in [-0.05, 0) is 42.0 Å². The van der Waals surface area contributed by atoms with Gasteiger partial charge in [0, 0.05) is 25.9 Å². The first-order valence-corrected chi connectivity index (χ1v) is 7.55. The van der Waals surface area contributed by atoms with E-state index >= 15 is 0 Å². The van der Waals surface area contributed by atoms with Crippen LogP contribution in [0, 0.1) is 0 Å². The third-order valence-electron chi connectivity index (χ3n) is 3.11. The van der Waals surface area contributed by atoms with Gasteiger partial charge in [0.1, 0.15) is 0 Å². The van der Waals surface area contributed by atoms with Crippen molar-refractivity contribution < 1.29 is 9.15 Å². The molecule has 0 N–H and O–H groups in total. The lowest BCUT2D eigenvalue weighted by atomic mass is 10.4. The molecular weight excluding hydrogens is 236 g/mol. The van der Waals surface area contributed by atoms with Crippen molar-refractivity contribution in [1.82, 2.24) is 9.80 Å². The predicted molar refractivity (Wildman–Crippen MR) is 82.7 cm³/mol. The summed E-state index contributed by atoms with van der Waals surface area (Å²) < 4.78 is 4.62. The molecule has 0 aromatic carbocycles. The maximum atomic E-state index is 3.53. The van der Waals surface area contributed by atoms with Crippen molar-refractivity contribution in [3.05, 3.63) is 0 Å². The zero-order valence-corrected chi connectivity index (χ0v) is 13.9. The average Bonchev–Trinajstić information content (AvgIpc) is 2.34. The van der Waals surface area contributed by atoms with Gasteiger partial charge >= 0.3 is 6.01 Å². The van der Waals surface area contributed by atoms with Gasteiger partial charge < -0.3 is 9.80 Å². The molecular formula is C15H34N4+2. The summed E-state index contributed by atoms with van der Waals surface area (Å²) in [6.45, 7) is 11.0. The van der Waals surface area contributed by atoms with E-state index in [-0.39, 0.29) is 0 Å². The van der Waals surface area contributed by atoms with Crippen LogP contribution < -0.4 is 0 Å². The average molecular weight is 270 g/mol. The first kappa shape index (κ1) is 18.3. The summed E-state index contributed by atoms with van der Waals surface area (Å²) in [5, 5.41) is 0. The highest BCUT2D eigenvalue weighted by atomic mass is 15.1. The van der Waals surface area contributed by atoms with Crippen LogP contribution in [0.3, 0.4) is 0 Å². The Morgan fingerprint density at radius 1 is 0.737 bits per heavy atom. The molecule has 112 valence electrons. The quantitative estimate of drug-likeness (QED) is 0.436. The first-order chi connectivity index (χ1) is 8.99. The van der Waals surface area contributed by atoms with Crippen LogP contribution in [0.25, 0.3) is 0 Å². The molecule has 4 heteroatoms. The van der Waals surface area contributed by atoms with E-state index in [1.165, 1.54) is 12.8 Å². The summed E-state index contributed by atoms with van der Waals surface area (Å²) in [7, 11) is 8.51. The molecule has 0 spiro atoms. The van der Waals surface area contributed by atoms with Crippen molar-refractivity contribution in [1.29, 1.82) is 0 Å². The zero-order valence-electron chi connectivity index (χ0n) is 13.9. The molecule has 4 nitrogen and oxygen atoms in total. The molecule has 0 bridgehead atoms. The number of hydrogen-bond acceptors (Lipinski definition) is 2. The van der Waals surface area contributed by atoms with E-state index in [0.29, 0.717) is 0 Å². The second-order valence-corrected chi connectivity index (χ2v) is 5.57. The third-order valence-corrected chi connectivity index (χ3v) is 3.11. The van der Waals surface area contributed by atoms with Crippen LogP contribution in [0.1, 0.15) is 26.7 Å². The largest absolute Gasteiger partial charge is 0.476 e. The van der Waals surface area contributed by atoms with Crippen molar-refractivity contribution in [2.75, 3.05) is 67.5 Å². The van der Waals surface area contributed by atoms with E-state index < -0.39 is 0 Å². The Balaban J connectivity index is 4.40. The van der Waals surface area contributed by atoms with Crippen LogP contribution >= 0.6 is 0 Å². The summed E-state index contributed by atoms with van der Waals surface area (Å²) >= 11 is 0. The fourth-order valence-corrected chi connectivity index (χ4v) is 1.91. The van der Waals surface area contributed by atoms with E-state index in [9.17, 15) is 0 Å². The van der Waals surface area contributed by atoms with Crippen LogP contribution in [0.4, 0.5) is 0 Å². The monoisotopic (exact) mass is 270 g/mol. The Bertz CT molecular complexity index is 263. The predicted octanol–water partition coefficient (Wildman–Crippen LogP) is 1.13. The van der Waals surface area contributed by atoms with E-state index in [1.807, 2.05) is 0 Å². The SMILES string of the molecule is CC[N+](=C=[N+](CC)CCCN(C)C)CCCN(C)C. The number of rotatable bonds is 10. The molecule has 0 unspecified atom stereocenters. The topological polar surface area (TPSA) is 12.5 Å². The minimum atomic E-state index is 1.04. The molecule has 0 aromatic rings. The second-order valence-electron chi connectivity index (χ2n) is 5.57. The van der Waals surface area contributed by atoms with Crippen LogP contribution in [-0.4, -0.2) is 92.4 Å². The minimum Gasteiger partial charge on any atom is -0.309 e. The number of nitrogens with zero attached hydrogens (tertiary/aromatic N) is 4. The van der Waals surface area contributed by atoms with Crippen LogP contribution in [0.15, 0.2) is 0 Å². The highest BCUT2D eigenvalue weighted by Crippen LogP contribution is 1.87. The van der Waals surface area contributed by atoms with Crippen molar-refractivity contribution >= 4 is 6.01 Å². The lowest BCUT2D eigenvalue weighted by Gasteiger charge is -2.07. The molecule has 0 saturated heterocycles. The summed E-state index contributed by atoms with van der Waals surface area (Å²) in [6, 6.07) is 3.53. The van der Waals surface area contributed by atoms with Gasteiger partial charge in [-0.25, -0.2) is 0 Å². The maximum absolute atomic E-state index is 3.53. The highest BCUT2D eigenvalue weighted by molar-refractivity contribution is 5.26. The van der Waals surface area contributed by atoms with Gasteiger partial charge in [-0.15, -0.1) is 9.15 Å². The maximum Gasteiger partial charge on any atom is 0.476 e. The normalized spacial score (nSPS) is 10.9. The Labute approximate surface area is 120 Å². The van der Waals surface area contributed by atoms with Gasteiger partial charge in [0.15, 0.2) is 26.2 Å². The van der Waals surface area contributed by atoms with Crippen molar-refractivity contribution in [3.8, 4) is 0 Å². The van der Waals surface area contributed by atoms with Gasteiger partial charge in [-0.1, -0.05) is 0 Å². The molecule has 0 fully saturated rings. The van der Waals surface area contributed by atoms with Gasteiger partial charge in [-0.3, -0.25) is 0 Å². The Morgan fingerprint density at radius 3 is 1.37 bits per heavy atom. The molecule has 0 rings (SSSR count). The zero-order chi connectivity index (χ0) is 14.7. The van der Waals surface area contributed by atoms with Crippen LogP contribution in [0.5, 0.6) is 0 Å². The van der Waals surface area contributed by atoms with Gasteiger partial charge in [0.05, 0.1) is 0 Å². The Hall–Kier alpha value is -0.700. The fraction of sp³-hybridized carbons (Fsp3) is 0.933. The molecule has 0 aromatic heterocycles. The second kappa shape index (κ2) is 11.2. The lowest BCUT2D eigenvalue weighted by molar-refractivity contribution is -0.586. The Morgan fingerprint density at radius 2 is 1.11 bits per heavy atom. The fourth-order valence-electron chi connectivity index (χ4n) is 1.91. The van der Waals surface area contributed by atoms with Gasteiger partial charge in [0.2, 0.25) is 0 Å². The summed E-state index contributed by atoms with van der Waals surface area (Å²) in [5.41, 5.74) is 0. The molecule has 0 saturated carbocycles. The summed E-state index contributed by atoms with van der Waals surface area (Å²) in [4.78, 5) is 4.48. The number of hydrogen-bond donors (Lipinski definition) is 0. The molecule has 0 aliphatic rings. The molecule has 0 amide bonds. The summed E-state index contributed by atoms with van der Waals surface area (Å²) in [5.74, 6) is 0. The van der Waals surface area contributed by atoms with Gasteiger partial charge in [-0.2, -0.15) is 0 Å².